The molecule has 21 heavy (non-hydrogen) atoms. The average Bonchev–Trinajstić information content (AvgIpc) is 2.47. The smallest absolute Gasteiger partial charge is 0.270 e. The van der Waals surface area contributed by atoms with Crippen molar-refractivity contribution in [2.75, 3.05) is 5.32 Å². The Bertz CT molecular complexity index is 627. The third-order valence-electron chi connectivity index (χ3n) is 3.15. The lowest BCUT2D eigenvalue weighted by Crippen LogP contribution is -2.32. The molecule has 0 bridgehead atoms. The van der Waals surface area contributed by atoms with E-state index in [0.717, 1.165) is 17.7 Å². The van der Waals surface area contributed by atoms with Crippen molar-refractivity contribution in [3.63, 3.8) is 0 Å². The molecule has 110 valence electrons. The van der Waals surface area contributed by atoms with Crippen LogP contribution in [0.5, 0.6) is 0 Å². The second kappa shape index (κ2) is 6.83. The fourth-order valence-electron chi connectivity index (χ4n) is 1.80. The van der Waals surface area contributed by atoms with Gasteiger partial charge >= 0.3 is 0 Å². The predicted octanol–water partition coefficient (Wildman–Crippen LogP) is 3.06. The van der Waals surface area contributed by atoms with E-state index in [4.69, 9.17) is 0 Å². The molecule has 0 fully saturated rings. The topological polar surface area (TPSA) is 66.9 Å². The van der Waals surface area contributed by atoms with Gasteiger partial charge in [-0.25, -0.2) is 9.97 Å². The largest absolute Gasteiger partial charge is 0.348 e. The highest BCUT2D eigenvalue weighted by Crippen LogP contribution is 2.14. The lowest BCUT2D eigenvalue weighted by molar-refractivity contribution is 0.0934. The summed E-state index contributed by atoms with van der Waals surface area (Å²) in [5.41, 5.74) is 2.40. The molecule has 1 atom stereocenters. The molecule has 1 aromatic carbocycles. The van der Waals surface area contributed by atoms with Crippen LogP contribution in [0.4, 0.5) is 11.6 Å². The van der Waals surface area contributed by atoms with Crippen LogP contribution >= 0.6 is 0 Å². The van der Waals surface area contributed by atoms with Gasteiger partial charge in [0.05, 0.1) is 0 Å². The van der Waals surface area contributed by atoms with Gasteiger partial charge < -0.3 is 10.6 Å². The minimum Gasteiger partial charge on any atom is -0.348 e. The number of nitrogens with one attached hydrogen (secondary N) is 2. The van der Waals surface area contributed by atoms with Crippen LogP contribution in [0, 0.1) is 6.92 Å². The molecule has 5 nitrogen and oxygen atoms in total. The maximum atomic E-state index is 12.0. The normalized spacial score (nSPS) is 11.8. The molecule has 0 aliphatic rings. The van der Waals surface area contributed by atoms with Gasteiger partial charge in [-0.2, -0.15) is 0 Å². The van der Waals surface area contributed by atoms with Gasteiger partial charge in [0.2, 0.25) is 5.95 Å². The number of amides is 1. The highest BCUT2D eigenvalue weighted by atomic mass is 16.1. The number of carbonyl (C=O) groups excluding carboxylic acids is 1. The number of rotatable bonds is 5. The molecule has 1 unspecified atom stereocenters. The fourth-order valence-corrected chi connectivity index (χ4v) is 1.80. The van der Waals surface area contributed by atoms with Gasteiger partial charge in [-0.05, 0) is 44.0 Å². The van der Waals surface area contributed by atoms with Crippen LogP contribution in [-0.4, -0.2) is 21.9 Å². The Kier molecular flexibility index (Phi) is 4.87. The molecule has 1 amide bonds. The van der Waals surface area contributed by atoms with Gasteiger partial charge in [-0.3, -0.25) is 4.79 Å². The van der Waals surface area contributed by atoms with Gasteiger partial charge in [-0.15, -0.1) is 0 Å². The van der Waals surface area contributed by atoms with E-state index in [1.807, 2.05) is 45.0 Å². The van der Waals surface area contributed by atoms with E-state index in [9.17, 15) is 4.79 Å². The Balaban J connectivity index is 2.12. The first-order valence-corrected chi connectivity index (χ1v) is 7.06. The van der Waals surface area contributed by atoms with Crippen molar-refractivity contribution in [2.45, 2.75) is 33.2 Å². The second-order valence-corrected chi connectivity index (χ2v) is 5.04. The van der Waals surface area contributed by atoms with E-state index in [1.54, 1.807) is 12.3 Å². The van der Waals surface area contributed by atoms with Crippen LogP contribution in [0.15, 0.2) is 36.5 Å². The zero-order valence-electron chi connectivity index (χ0n) is 12.6. The van der Waals surface area contributed by atoms with E-state index in [1.165, 1.54) is 0 Å². The molecule has 1 aromatic heterocycles. The number of nitrogens with zero attached hydrogens (tertiary/aromatic N) is 2. The first kappa shape index (κ1) is 15.0. The van der Waals surface area contributed by atoms with Crippen LogP contribution in [-0.2, 0) is 0 Å². The highest BCUT2D eigenvalue weighted by molar-refractivity contribution is 5.92. The molecule has 2 aromatic rings. The first-order chi connectivity index (χ1) is 10.1. The lowest BCUT2D eigenvalue weighted by Gasteiger charge is -2.11. The van der Waals surface area contributed by atoms with Gasteiger partial charge in [0.15, 0.2) is 0 Å². The molecule has 0 aliphatic heterocycles. The Labute approximate surface area is 124 Å². The van der Waals surface area contributed by atoms with Crippen molar-refractivity contribution in [3.05, 3.63) is 47.8 Å². The zero-order valence-corrected chi connectivity index (χ0v) is 12.6. The monoisotopic (exact) mass is 284 g/mol. The molecule has 0 aliphatic carbocycles. The second-order valence-electron chi connectivity index (χ2n) is 5.04. The maximum absolute atomic E-state index is 12.0. The third kappa shape index (κ3) is 4.27. The minimum atomic E-state index is -0.181. The maximum Gasteiger partial charge on any atom is 0.270 e. The Morgan fingerprint density at radius 3 is 2.86 bits per heavy atom. The minimum absolute atomic E-state index is 0.126. The van der Waals surface area contributed by atoms with Crippen molar-refractivity contribution >= 4 is 17.5 Å². The zero-order chi connectivity index (χ0) is 15.2. The number of benzene rings is 1. The molecule has 0 saturated carbocycles. The number of hydrogen-bond acceptors (Lipinski definition) is 4. The van der Waals surface area contributed by atoms with Crippen LogP contribution in [0.2, 0.25) is 0 Å². The Morgan fingerprint density at radius 1 is 1.33 bits per heavy atom. The number of aromatic nitrogens is 2. The van der Waals surface area contributed by atoms with Crippen molar-refractivity contribution in [1.29, 1.82) is 0 Å². The van der Waals surface area contributed by atoms with Crippen LogP contribution in [0.1, 0.15) is 36.3 Å². The van der Waals surface area contributed by atoms with E-state index in [0.29, 0.717) is 11.6 Å². The van der Waals surface area contributed by atoms with Crippen LogP contribution in [0.25, 0.3) is 0 Å². The highest BCUT2D eigenvalue weighted by Gasteiger charge is 2.11. The van der Waals surface area contributed by atoms with E-state index >= 15 is 0 Å². The third-order valence-corrected chi connectivity index (χ3v) is 3.15. The first-order valence-electron chi connectivity index (χ1n) is 7.06. The molecule has 0 spiro atoms. The van der Waals surface area contributed by atoms with E-state index < -0.39 is 0 Å². The summed E-state index contributed by atoms with van der Waals surface area (Å²) >= 11 is 0. The lowest BCUT2D eigenvalue weighted by atomic mass is 10.2. The molecule has 2 N–H and O–H groups in total. The number of carbonyl (C=O) groups is 1. The van der Waals surface area contributed by atoms with Gasteiger partial charge in [0.1, 0.15) is 5.69 Å². The molecule has 5 heteroatoms. The molecular formula is C16H20N4O. The number of anilines is 2. The molecule has 2 rings (SSSR count). The van der Waals surface area contributed by atoms with E-state index in [2.05, 4.69) is 20.6 Å². The summed E-state index contributed by atoms with van der Waals surface area (Å²) in [6, 6.07) is 9.64. The van der Waals surface area contributed by atoms with Crippen molar-refractivity contribution in [3.8, 4) is 0 Å². The number of aryl methyl sites for hydroxylation is 1. The Morgan fingerprint density at radius 2 is 2.14 bits per heavy atom. The van der Waals surface area contributed by atoms with Gasteiger partial charge in [0.25, 0.3) is 5.91 Å². The summed E-state index contributed by atoms with van der Waals surface area (Å²) < 4.78 is 0. The van der Waals surface area contributed by atoms with Crippen LogP contribution in [0.3, 0.4) is 0 Å². The van der Waals surface area contributed by atoms with Crippen molar-refractivity contribution < 1.29 is 4.79 Å². The number of hydrogen-bond donors (Lipinski definition) is 2. The summed E-state index contributed by atoms with van der Waals surface area (Å²) in [7, 11) is 0. The average molecular weight is 284 g/mol. The quantitative estimate of drug-likeness (QED) is 0.885. The summed E-state index contributed by atoms with van der Waals surface area (Å²) in [6.45, 7) is 6.00. The standard InChI is InChI=1S/C16H20N4O/c1-4-12(3)18-15(21)14-8-9-17-16(20-14)19-13-7-5-6-11(2)10-13/h5-10,12H,4H2,1-3H3,(H,18,21)(H,17,19,20). The fraction of sp³-hybridized carbons (Fsp3) is 0.312. The van der Waals surface area contributed by atoms with E-state index in [-0.39, 0.29) is 11.9 Å². The molecular weight excluding hydrogens is 264 g/mol. The SMILES string of the molecule is CCC(C)NC(=O)c1ccnc(Nc2cccc(C)c2)n1. The van der Waals surface area contributed by atoms with Crippen LogP contribution < -0.4 is 10.6 Å². The van der Waals surface area contributed by atoms with Gasteiger partial charge in [-0.1, -0.05) is 19.1 Å². The summed E-state index contributed by atoms with van der Waals surface area (Å²) in [5.74, 6) is 0.233. The summed E-state index contributed by atoms with van der Waals surface area (Å²) in [6.07, 6.45) is 2.46. The van der Waals surface area contributed by atoms with Crippen molar-refractivity contribution in [2.24, 2.45) is 0 Å². The van der Waals surface area contributed by atoms with Crippen molar-refractivity contribution in [1.82, 2.24) is 15.3 Å². The van der Waals surface area contributed by atoms with Gasteiger partial charge in [0, 0.05) is 17.9 Å². The Hall–Kier alpha value is -2.43. The molecule has 1 heterocycles. The summed E-state index contributed by atoms with van der Waals surface area (Å²) in [5, 5.41) is 5.99. The summed E-state index contributed by atoms with van der Waals surface area (Å²) in [4.78, 5) is 20.4. The molecule has 0 saturated heterocycles. The predicted molar refractivity (Wildman–Crippen MR) is 83.7 cm³/mol. The molecule has 0 radical (unpaired) electrons.